The third kappa shape index (κ3) is 3.57. The van der Waals surface area contributed by atoms with Gasteiger partial charge >= 0.3 is 0 Å². The standard InChI is InChI=1S/C21H25N5O/c1-14-10-18(11-15(2)25(14)3)21(27)24-19-13-26-12-17(4-5-20(26)23-19)16-6-8-22-9-7-16/h4-9,12-15,18H,10-11H2,1-3H3,(H,24,27)/t14-,15+,18?. The zero-order valence-electron chi connectivity index (χ0n) is 16.0. The lowest BCUT2D eigenvalue weighted by molar-refractivity contribution is -0.122. The van der Waals surface area contributed by atoms with E-state index >= 15 is 0 Å². The SMILES string of the molecule is C[C@@H]1CC(C(=O)Nc2cn3cc(-c4ccncc4)ccc3n2)C[C@H](C)N1C. The number of hydrogen-bond acceptors (Lipinski definition) is 4. The van der Waals surface area contributed by atoms with Crippen LogP contribution in [0, 0.1) is 5.92 Å². The van der Waals surface area contributed by atoms with Crippen molar-refractivity contribution < 1.29 is 4.79 Å². The summed E-state index contributed by atoms with van der Waals surface area (Å²) < 4.78 is 1.95. The van der Waals surface area contributed by atoms with Gasteiger partial charge in [0.25, 0.3) is 0 Å². The molecule has 1 saturated heterocycles. The van der Waals surface area contributed by atoms with Gasteiger partial charge in [0.15, 0.2) is 5.82 Å². The van der Waals surface area contributed by atoms with Gasteiger partial charge in [-0.1, -0.05) is 0 Å². The molecule has 1 aliphatic heterocycles. The van der Waals surface area contributed by atoms with E-state index in [0.717, 1.165) is 29.6 Å². The topological polar surface area (TPSA) is 62.5 Å². The summed E-state index contributed by atoms with van der Waals surface area (Å²) in [5.74, 6) is 0.703. The zero-order chi connectivity index (χ0) is 19.0. The van der Waals surface area contributed by atoms with Crippen molar-refractivity contribution in [3.8, 4) is 11.1 Å². The number of nitrogens with zero attached hydrogens (tertiary/aromatic N) is 4. The number of imidazole rings is 1. The quantitative estimate of drug-likeness (QED) is 0.774. The summed E-state index contributed by atoms with van der Waals surface area (Å²) in [6.07, 6.45) is 9.22. The third-order valence-electron chi connectivity index (χ3n) is 5.73. The first-order valence-electron chi connectivity index (χ1n) is 9.43. The van der Waals surface area contributed by atoms with Crippen LogP contribution in [0.2, 0.25) is 0 Å². The summed E-state index contributed by atoms with van der Waals surface area (Å²) in [7, 11) is 2.13. The Kier molecular flexibility index (Phi) is 4.66. The fourth-order valence-corrected chi connectivity index (χ4v) is 3.90. The number of amides is 1. The average Bonchev–Trinajstić information content (AvgIpc) is 3.07. The zero-order valence-corrected chi connectivity index (χ0v) is 16.0. The number of hydrogen-bond donors (Lipinski definition) is 1. The molecule has 0 aromatic carbocycles. The van der Waals surface area contributed by atoms with Crippen molar-refractivity contribution in [1.29, 1.82) is 0 Å². The van der Waals surface area contributed by atoms with E-state index in [2.05, 4.69) is 41.1 Å². The van der Waals surface area contributed by atoms with Crippen LogP contribution in [-0.2, 0) is 4.79 Å². The molecule has 0 radical (unpaired) electrons. The minimum Gasteiger partial charge on any atom is -0.309 e. The van der Waals surface area contributed by atoms with Gasteiger partial charge in [0, 0.05) is 36.6 Å². The Morgan fingerprint density at radius 1 is 1.04 bits per heavy atom. The van der Waals surface area contributed by atoms with E-state index in [1.54, 1.807) is 12.4 Å². The maximum atomic E-state index is 12.7. The van der Waals surface area contributed by atoms with E-state index in [1.165, 1.54) is 0 Å². The van der Waals surface area contributed by atoms with Crippen LogP contribution in [0.4, 0.5) is 5.82 Å². The van der Waals surface area contributed by atoms with Crippen LogP contribution in [-0.4, -0.2) is 44.3 Å². The number of rotatable bonds is 3. The van der Waals surface area contributed by atoms with Crippen LogP contribution in [0.5, 0.6) is 0 Å². The molecule has 0 saturated carbocycles. The molecule has 4 rings (SSSR count). The number of fused-ring (bicyclic) bond motifs is 1. The van der Waals surface area contributed by atoms with Crippen LogP contribution in [0.15, 0.2) is 49.1 Å². The Morgan fingerprint density at radius 2 is 1.74 bits per heavy atom. The summed E-state index contributed by atoms with van der Waals surface area (Å²) in [6.45, 7) is 4.36. The number of aromatic nitrogens is 3. The Labute approximate surface area is 159 Å². The summed E-state index contributed by atoms with van der Waals surface area (Å²) in [6, 6.07) is 8.77. The van der Waals surface area contributed by atoms with Gasteiger partial charge in [-0.15, -0.1) is 0 Å². The highest BCUT2D eigenvalue weighted by Crippen LogP contribution is 2.27. The number of carbonyl (C=O) groups is 1. The van der Waals surface area contributed by atoms with Gasteiger partial charge in [-0.2, -0.15) is 0 Å². The lowest BCUT2D eigenvalue weighted by atomic mass is 9.87. The Hall–Kier alpha value is -2.73. The molecule has 0 aliphatic carbocycles. The lowest BCUT2D eigenvalue weighted by Gasteiger charge is -2.39. The fraction of sp³-hybridized carbons (Fsp3) is 0.381. The largest absolute Gasteiger partial charge is 0.309 e. The molecule has 0 spiro atoms. The van der Waals surface area contributed by atoms with Crippen LogP contribution in [0.25, 0.3) is 16.8 Å². The number of nitrogens with one attached hydrogen (secondary N) is 1. The van der Waals surface area contributed by atoms with Gasteiger partial charge in [-0.25, -0.2) is 4.98 Å². The minimum atomic E-state index is 0.0309. The van der Waals surface area contributed by atoms with Gasteiger partial charge in [0.05, 0.1) is 6.20 Å². The van der Waals surface area contributed by atoms with Gasteiger partial charge in [-0.05, 0) is 69.1 Å². The number of likely N-dealkylation sites (tertiary alicyclic amines) is 1. The highest BCUT2D eigenvalue weighted by atomic mass is 16.2. The molecule has 6 heteroatoms. The van der Waals surface area contributed by atoms with E-state index in [-0.39, 0.29) is 11.8 Å². The lowest BCUT2D eigenvalue weighted by Crippen LogP contribution is -2.46. The molecular weight excluding hydrogens is 338 g/mol. The molecule has 140 valence electrons. The van der Waals surface area contributed by atoms with E-state index < -0.39 is 0 Å². The number of pyridine rings is 2. The van der Waals surface area contributed by atoms with Crippen molar-refractivity contribution in [3.05, 3.63) is 49.1 Å². The van der Waals surface area contributed by atoms with Crippen LogP contribution in [0.1, 0.15) is 26.7 Å². The highest BCUT2D eigenvalue weighted by molar-refractivity contribution is 5.92. The predicted molar refractivity (Wildman–Crippen MR) is 106 cm³/mol. The van der Waals surface area contributed by atoms with E-state index in [1.807, 2.05) is 41.1 Å². The van der Waals surface area contributed by atoms with Crippen molar-refractivity contribution in [2.24, 2.45) is 5.92 Å². The first-order valence-corrected chi connectivity index (χ1v) is 9.43. The van der Waals surface area contributed by atoms with Gasteiger partial charge in [-0.3, -0.25) is 9.78 Å². The first-order chi connectivity index (χ1) is 13.0. The molecule has 1 fully saturated rings. The molecule has 3 atom stereocenters. The van der Waals surface area contributed by atoms with Gasteiger partial charge in [0.2, 0.25) is 5.91 Å². The summed E-state index contributed by atoms with van der Waals surface area (Å²) in [5.41, 5.74) is 2.99. The normalized spacial score (nSPS) is 23.4. The van der Waals surface area contributed by atoms with E-state index in [9.17, 15) is 4.79 Å². The second-order valence-electron chi connectivity index (χ2n) is 7.57. The first kappa shape index (κ1) is 17.7. The smallest absolute Gasteiger partial charge is 0.228 e. The van der Waals surface area contributed by atoms with Crippen molar-refractivity contribution in [1.82, 2.24) is 19.3 Å². The number of anilines is 1. The molecule has 1 amide bonds. The van der Waals surface area contributed by atoms with Gasteiger partial charge in [0.1, 0.15) is 5.65 Å². The molecule has 4 heterocycles. The van der Waals surface area contributed by atoms with Crippen molar-refractivity contribution in [2.45, 2.75) is 38.8 Å². The number of carbonyl (C=O) groups excluding carboxylic acids is 1. The average molecular weight is 363 g/mol. The van der Waals surface area contributed by atoms with Crippen LogP contribution < -0.4 is 5.32 Å². The second-order valence-corrected chi connectivity index (χ2v) is 7.57. The molecule has 3 aromatic rings. The molecule has 1 N–H and O–H groups in total. The van der Waals surface area contributed by atoms with Crippen molar-refractivity contribution in [2.75, 3.05) is 12.4 Å². The molecule has 1 unspecified atom stereocenters. The number of piperidine rings is 1. The van der Waals surface area contributed by atoms with Crippen molar-refractivity contribution in [3.63, 3.8) is 0 Å². The minimum absolute atomic E-state index is 0.0309. The maximum Gasteiger partial charge on any atom is 0.228 e. The van der Waals surface area contributed by atoms with Crippen LogP contribution >= 0.6 is 0 Å². The van der Waals surface area contributed by atoms with E-state index in [0.29, 0.717) is 17.9 Å². The molecular formula is C21H25N5O. The van der Waals surface area contributed by atoms with Crippen LogP contribution in [0.3, 0.4) is 0 Å². The Morgan fingerprint density at radius 3 is 2.44 bits per heavy atom. The molecule has 27 heavy (non-hydrogen) atoms. The summed E-state index contributed by atoms with van der Waals surface area (Å²) >= 11 is 0. The molecule has 1 aliphatic rings. The highest BCUT2D eigenvalue weighted by Gasteiger charge is 2.32. The van der Waals surface area contributed by atoms with Gasteiger partial charge < -0.3 is 14.6 Å². The van der Waals surface area contributed by atoms with E-state index in [4.69, 9.17) is 0 Å². The molecule has 0 bridgehead atoms. The Bertz CT molecular complexity index is 940. The monoisotopic (exact) mass is 363 g/mol. The third-order valence-corrected chi connectivity index (χ3v) is 5.73. The predicted octanol–water partition coefficient (Wildman–Crippen LogP) is 3.45. The summed E-state index contributed by atoms with van der Waals surface area (Å²) in [5, 5.41) is 3.02. The molecule has 3 aromatic heterocycles. The fourth-order valence-electron chi connectivity index (χ4n) is 3.90. The second kappa shape index (κ2) is 7.12. The summed E-state index contributed by atoms with van der Waals surface area (Å²) in [4.78, 5) is 23.7. The Balaban J connectivity index is 1.52. The maximum absolute atomic E-state index is 12.7. The van der Waals surface area contributed by atoms with Crippen molar-refractivity contribution >= 4 is 17.4 Å². The molecule has 6 nitrogen and oxygen atoms in total.